The minimum Gasteiger partial charge on any atom is -0.481 e. The number of rotatable bonds is 12. The highest BCUT2D eigenvalue weighted by molar-refractivity contribution is 5.97. The lowest BCUT2D eigenvalue weighted by atomic mass is 9.78. The van der Waals surface area contributed by atoms with Crippen LogP contribution in [0.2, 0.25) is 0 Å². The van der Waals surface area contributed by atoms with Gasteiger partial charge in [-0.05, 0) is 65.9 Å². The summed E-state index contributed by atoms with van der Waals surface area (Å²) in [5, 5.41) is 13.5. The number of carbonyl (C=O) groups excluding carboxylic acids is 2. The van der Waals surface area contributed by atoms with Crippen LogP contribution < -0.4 is 15.4 Å². The molecule has 0 bridgehead atoms. The molecule has 3 aromatic rings. The standard InChI is InChI=1S/C30H27F7N2O5/c1-2-3-22(17-4-6-19(7-5-17)27(42)38-15-14-25(40)41)26(18-8-11-21(12-9-18)44-30(35,36)37)28(43)39-24-13-10-20(16-23(24)31)29(32,33)34/h4-13,16,22,26H,2-3,14-15H2,1H3,(H,38,42)(H,39,43)(H,40,41)/t22-,26+/m0/s1. The van der Waals surface area contributed by atoms with E-state index in [1.165, 1.54) is 24.3 Å². The number of carboxylic acids is 1. The second-order valence-electron chi connectivity index (χ2n) is 9.69. The molecule has 3 rings (SSSR count). The topological polar surface area (TPSA) is 105 Å². The van der Waals surface area contributed by atoms with Gasteiger partial charge in [0.15, 0.2) is 0 Å². The number of hydrogen-bond acceptors (Lipinski definition) is 4. The van der Waals surface area contributed by atoms with Gasteiger partial charge in [-0.2, -0.15) is 13.2 Å². The lowest BCUT2D eigenvalue weighted by Gasteiger charge is -2.28. The van der Waals surface area contributed by atoms with Crippen molar-refractivity contribution < 1.29 is 55.0 Å². The predicted molar refractivity (Wildman–Crippen MR) is 145 cm³/mol. The van der Waals surface area contributed by atoms with Crippen LogP contribution in [0.15, 0.2) is 66.7 Å². The zero-order chi connectivity index (χ0) is 32.7. The summed E-state index contributed by atoms with van der Waals surface area (Å²) in [5.74, 6) is -6.24. The molecule has 0 spiro atoms. The van der Waals surface area contributed by atoms with Gasteiger partial charge in [-0.3, -0.25) is 14.4 Å². The number of alkyl halides is 6. The maximum absolute atomic E-state index is 14.6. The van der Waals surface area contributed by atoms with E-state index < -0.39 is 65.0 Å². The Kier molecular flexibility index (Phi) is 11.0. The molecule has 0 heterocycles. The van der Waals surface area contributed by atoms with Crippen LogP contribution in [-0.4, -0.2) is 35.8 Å². The van der Waals surface area contributed by atoms with Crippen LogP contribution in [0.3, 0.4) is 0 Å². The molecule has 0 aliphatic rings. The van der Waals surface area contributed by atoms with Crippen molar-refractivity contribution in [3.8, 4) is 5.75 Å². The molecular weight excluding hydrogens is 601 g/mol. The number of carbonyl (C=O) groups is 3. The second kappa shape index (κ2) is 14.2. The van der Waals surface area contributed by atoms with Gasteiger partial charge in [-0.25, -0.2) is 4.39 Å². The van der Waals surface area contributed by atoms with Gasteiger partial charge >= 0.3 is 18.5 Å². The van der Waals surface area contributed by atoms with E-state index in [1.807, 2.05) is 6.92 Å². The Hall–Kier alpha value is -4.62. The molecule has 2 amide bonds. The molecule has 2 atom stereocenters. The molecule has 0 saturated heterocycles. The van der Waals surface area contributed by atoms with Gasteiger partial charge in [0.05, 0.1) is 23.6 Å². The number of aliphatic carboxylic acids is 1. The van der Waals surface area contributed by atoms with E-state index in [-0.39, 0.29) is 30.2 Å². The first-order chi connectivity index (χ1) is 20.6. The summed E-state index contributed by atoms with van der Waals surface area (Å²) >= 11 is 0. The highest BCUT2D eigenvalue weighted by Crippen LogP contribution is 2.39. The van der Waals surface area contributed by atoms with Crippen LogP contribution in [0.1, 0.15) is 65.1 Å². The van der Waals surface area contributed by atoms with Gasteiger partial charge in [0, 0.05) is 12.1 Å². The lowest BCUT2D eigenvalue weighted by molar-refractivity contribution is -0.274. The zero-order valence-corrected chi connectivity index (χ0v) is 23.1. The highest BCUT2D eigenvalue weighted by atomic mass is 19.4. The Morgan fingerprint density at radius 1 is 0.886 bits per heavy atom. The maximum Gasteiger partial charge on any atom is 0.573 e. The third-order valence-corrected chi connectivity index (χ3v) is 6.54. The number of benzene rings is 3. The van der Waals surface area contributed by atoms with Gasteiger partial charge in [0.1, 0.15) is 11.6 Å². The number of anilines is 1. The summed E-state index contributed by atoms with van der Waals surface area (Å²) in [4.78, 5) is 36.8. The Labute approximate surface area is 247 Å². The van der Waals surface area contributed by atoms with E-state index >= 15 is 0 Å². The number of hydrogen-bond donors (Lipinski definition) is 3. The van der Waals surface area contributed by atoms with E-state index in [4.69, 9.17) is 5.11 Å². The summed E-state index contributed by atoms with van der Waals surface area (Å²) in [6.07, 6.45) is -9.23. The molecule has 0 aromatic heterocycles. The number of halogens is 7. The first kappa shape index (κ1) is 33.9. The van der Waals surface area contributed by atoms with Gasteiger partial charge in [-0.1, -0.05) is 37.6 Å². The van der Waals surface area contributed by atoms with Crippen molar-refractivity contribution in [2.24, 2.45) is 0 Å². The quantitative estimate of drug-likeness (QED) is 0.183. The molecule has 7 nitrogen and oxygen atoms in total. The van der Waals surface area contributed by atoms with E-state index in [1.54, 1.807) is 12.1 Å². The molecule has 0 saturated carbocycles. The molecule has 0 radical (unpaired) electrons. The summed E-state index contributed by atoms with van der Waals surface area (Å²) in [6, 6.07) is 12.0. The van der Waals surface area contributed by atoms with Crippen molar-refractivity contribution in [3.63, 3.8) is 0 Å². The molecule has 0 aliphatic carbocycles. The highest BCUT2D eigenvalue weighted by Gasteiger charge is 2.35. The third kappa shape index (κ3) is 9.44. The van der Waals surface area contributed by atoms with Crippen molar-refractivity contribution in [1.29, 1.82) is 0 Å². The average Bonchev–Trinajstić information content (AvgIpc) is 2.93. The minimum atomic E-state index is -4.97. The Bertz CT molecular complexity index is 1460. The number of nitrogens with one attached hydrogen (secondary N) is 2. The van der Waals surface area contributed by atoms with Crippen molar-refractivity contribution in [1.82, 2.24) is 5.32 Å². The van der Waals surface area contributed by atoms with Crippen LogP contribution in [0.25, 0.3) is 0 Å². The predicted octanol–water partition coefficient (Wildman–Crippen LogP) is 7.25. The van der Waals surface area contributed by atoms with Crippen LogP contribution in [0, 0.1) is 5.82 Å². The maximum atomic E-state index is 14.6. The number of carboxylic acid groups (broad SMARTS) is 1. The van der Waals surface area contributed by atoms with Crippen LogP contribution in [0.5, 0.6) is 5.75 Å². The number of ether oxygens (including phenoxy) is 1. The minimum absolute atomic E-state index is 0.106. The fraction of sp³-hybridized carbons (Fsp3) is 0.300. The van der Waals surface area contributed by atoms with Crippen molar-refractivity contribution in [2.45, 2.75) is 50.6 Å². The van der Waals surface area contributed by atoms with Crippen LogP contribution in [-0.2, 0) is 15.8 Å². The normalized spacial score (nSPS) is 13.1. The van der Waals surface area contributed by atoms with Crippen LogP contribution in [0.4, 0.5) is 36.4 Å². The van der Waals surface area contributed by atoms with E-state index in [0.29, 0.717) is 24.5 Å². The Balaban J connectivity index is 1.98. The fourth-order valence-corrected chi connectivity index (χ4v) is 4.55. The molecule has 0 fully saturated rings. The zero-order valence-electron chi connectivity index (χ0n) is 23.1. The molecule has 44 heavy (non-hydrogen) atoms. The average molecular weight is 629 g/mol. The van der Waals surface area contributed by atoms with Crippen molar-refractivity contribution in [3.05, 3.63) is 94.8 Å². The molecule has 3 N–H and O–H groups in total. The van der Waals surface area contributed by atoms with Crippen LogP contribution >= 0.6 is 0 Å². The molecule has 3 aromatic carbocycles. The Morgan fingerprint density at radius 2 is 1.50 bits per heavy atom. The largest absolute Gasteiger partial charge is 0.573 e. The molecule has 0 aliphatic heterocycles. The van der Waals surface area contributed by atoms with E-state index in [9.17, 15) is 45.1 Å². The van der Waals surface area contributed by atoms with Crippen molar-refractivity contribution >= 4 is 23.5 Å². The SMILES string of the molecule is CCC[C@@H](c1ccc(C(=O)NCCC(=O)O)cc1)[C@H](C(=O)Nc1ccc(C(F)(F)F)cc1F)c1ccc(OC(F)(F)F)cc1. The summed E-state index contributed by atoms with van der Waals surface area (Å²) in [5.41, 5.74) is -0.874. The van der Waals surface area contributed by atoms with E-state index in [2.05, 4.69) is 15.4 Å². The van der Waals surface area contributed by atoms with Gasteiger partial charge < -0.3 is 20.5 Å². The molecular formula is C30H27F7N2O5. The lowest BCUT2D eigenvalue weighted by Crippen LogP contribution is -2.28. The smallest absolute Gasteiger partial charge is 0.481 e. The van der Waals surface area contributed by atoms with E-state index in [0.717, 1.165) is 18.2 Å². The fourth-order valence-electron chi connectivity index (χ4n) is 4.55. The second-order valence-corrected chi connectivity index (χ2v) is 9.69. The first-order valence-electron chi connectivity index (χ1n) is 13.2. The molecule has 14 heteroatoms. The van der Waals surface area contributed by atoms with Gasteiger partial charge in [0.2, 0.25) is 5.91 Å². The summed E-state index contributed by atoms with van der Waals surface area (Å²) in [6.45, 7) is 1.70. The van der Waals surface area contributed by atoms with Gasteiger partial charge in [-0.15, -0.1) is 13.2 Å². The summed E-state index contributed by atoms with van der Waals surface area (Å²) in [7, 11) is 0. The monoisotopic (exact) mass is 628 g/mol. The molecule has 236 valence electrons. The first-order valence-corrected chi connectivity index (χ1v) is 13.2. The van der Waals surface area contributed by atoms with Crippen molar-refractivity contribution in [2.75, 3.05) is 11.9 Å². The summed E-state index contributed by atoms with van der Waals surface area (Å²) < 4.78 is 95.7. The van der Waals surface area contributed by atoms with Gasteiger partial charge in [0.25, 0.3) is 5.91 Å². The number of amides is 2. The Morgan fingerprint density at radius 3 is 2.02 bits per heavy atom. The molecule has 0 unspecified atom stereocenters. The third-order valence-electron chi connectivity index (χ3n) is 6.54.